The Morgan fingerprint density at radius 1 is 1.31 bits per heavy atom. The Kier molecular flexibility index (Phi) is 2.75. The molecule has 0 amide bonds. The van der Waals surface area contributed by atoms with Gasteiger partial charge in [-0.25, -0.2) is 4.98 Å². The summed E-state index contributed by atoms with van der Waals surface area (Å²) in [5.74, 6) is 0.735. The third-order valence-corrected chi connectivity index (χ3v) is 2.96. The van der Waals surface area contributed by atoms with Crippen molar-refractivity contribution in [3.8, 4) is 5.88 Å². The van der Waals surface area contributed by atoms with Crippen LogP contribution < -0.4 is 4.74 Å². The number of allylic oxidation sites excluding steroid dienone is 1. The summed E-state index contributed by atoms with van der Waals surface area (Å²) < 4.78 is 5.28. The molecule has 2 heteroatoms. The van der Waals surface area contributed by atoms with Crippen LogP contribution in [0.3, 0.4) is 0 Å². The molecule has 0 atom stereocenters. The van der Waals surface area contributed by atoms with E-state index in [4.69, 9.17) is 4.74 Å². The number of rotatable bonds is 1. The fourth-order valence-corrected chi connectivity index (χ4v) is 2.11. The zero-order valence-electron chi connectivity index (χ0n) is 10.5. The predicted molar refractivity (Wildman–Crippen MR) is 66.8 cm³/mol. The molecule has 86 valence electrons. The first-order valence-corrected chi connectivity index (χ1v) is 5.77. The van der Waals surface area contributed by atoms with Crippen molar-refractivity contribution in [3.63, 3.8) is 0 Å². The fourth-order valence-electron chi connectivity index (χ4n) is 2.11. The van der Waals surface area contributed by atoms with Crippen molar-refractivity contribution in [2.24, 2.45) is 0 Å². The van der Waals surface area contributed by atoms with Gasteiger partial charge in [0.15, 0.2) is 0 Å². The standard InChI is InChI=1S/C14H19NO/c1-14(2,3)11-9-13(16-4)15-12-8-6-5-7-10(11)12/h5,7,9H,6,8H2,1-4H3. The van der Waals surface area contributed by atoms with Gasteiger partial charge in [0.2, 0.25) is 5.88 Å². The zero-order chi connectivity index (χ0) is 11.8. The first-order valence-electron chi connectivity index (χ1n) is 5.77. The van der Waals surface area contributed by atoms with Crippen LogP contribution in [0.15, 0.2) is 12.1 Å². The minimum absolute atomic E-state index is 0.127. The molecular formula is C14H19NO. The lowest BCUT2D eigenvalue weighted by atomic mass is 9.82. The number of methoxy groups -OCH3 is 1. The Labute approximate surface area is 97.4 Å². The molecule has 1 heterocycles. The molecule has 0 unspecified atom stereocenters. The van der Waals surface area contributed by atoms with Crippen LogP contribution >= 0.6 is 0 Å². The van der Waals surface area contributed by atoms with E-state index in [1.165, 1.54) is 16.8 Å². The molecule has 0 aliphatic heterocycles. The van der Waals surface area contributed by atoms with Gasteiger partial charge in [-0.05, 0) is 29.4 Å². The van der Waals surface area contributed by atoms with E-state index in [2.05, 4.69) is 44.0 Å². The molecule has 1 aromatic rings. The third kappa shape index (κ3) is 1.97. The van der Waals surface area contributed by atoms with Gasteiger partial charge in [0.1, 0.15) is 0 Å². The third-order valence-electron chi connectivity index (χ3n) is 2.96. The quantitative estimate of drug-likeness (QED) is 0.719. The average molecular weight is 217 g/mol. The Balaban J connectivity index is 2.63. The number of aromatic nitrogens is 1. The second-order valence-corrected chi connectivity index (χ2v) is 5.26. The molecule has 0 saturated carbocycles. The normalized spacial score (nSPS) is 14.8. The molecule has 0 radical (unpaired) electrons. The summed E-state index contributed by atoms with van der Waals surface area (Å²) in [7, 11) is 1.68. The summed E-state index contributed by atoms with van der Waals surface area (Å²) in [6.07, 6.45) is 6.53. The van der Waals surface area contributed by atoms with Crippen molar-refractivity contribution < 1.29 is 4.74 Å². The summed E-state index contributed by atoms with van der Waals surface area (Å²) in [6, 6.07) is 2.06. The zero-order valence-corrected chi connectivity index (χ0v) is 10.5. The van der Waals surface area contributed by atoms with E-state index >= 15 is 0 Å². The van der Waals surface area contributed by atoms with E-state index < -0.39 is 0 Å². The van der Waals surface area contributed by atoms with Gasteiger partial charge in [-0.2, -0.15) is 0 Å². The number of hydrogen-bond donors (Lipinski definition) is 0. The van der Waals surface area contributed by atoms with E-state index in [-0.39, 0.29) is 5.41 Å². The van der Waals surface area contributed by atoms with Crippen molar-refractivity contribution in [2.75, 3.05) is 7.11 Å². The Bertz CT molecular complexity index is 427. The number of pyridine rings is 1. The smallest absolute Gasteiger partial charge is 0.213 e. The first-order chi connectivity index (χ1) is 7.52. The van der Waals surface area contributed by atoms with Crippen LogP contribution in [0.1, 0.15) is 44.0 Å². The highest BCUT2D eigenvalue weighted by atomic mass is 16.5. The topological polar surface area (TPSA) is 22.1 Å². The molecular weight excluding hydrogens is 198 g/mol. The first kappa shape index (κ1) is 11.2. The van der Waals surface area contributed by atoms with E-state index in [1.807, 2.05) is 0 Å². The van der Waals surface area contributed by atoms with Crippen LogP contribution in [0.25, 0.3) is 6.08 Å². The Morgan fingerprint density at radius 3 is 2.69 bits per heavy atom. The van der Waals surface area contributed by atoms with Crippen LogP contribution in [0.4, 0.5) is 0 Å². The van der Waals surface area contributed by atoms with Gasteiger partial charge in [-0.3, -0.25) is 0 Å². The van der Waals surface area contributed by atoms with Crippen LogP contribution in [-0.2, 0) is 11.8 Å². The molecule has 1 aliphatic carbocycles. The highest BCUT2D eigenvalue weighted by molar-refractivity contribution is 5.61. The van der Waals surface area contributed by atoms with E-state index in [1.54, 1.807) is 7.11 Å². The molecule has 0 saturated heterocycles. The molecule has 0 N–H and O–H groups in total. The van der Waals surface area contributed by atoms with Gasteiger partial charge < -0.3 is 4.74 Å². The second-order valence-electron chi connectivity index (χ2n) is 5.26. The molecule has 0 aromatic carbocycles. The van der Waals surface area contributed by atoms with Crippen LogP contribution in [0, 0.1) is 0 Å². The number of aryl methyl sites for hydroxylation is 1. The van der Waals surface area contributed by atoms with Gasteiger partial charge in [-0.1, -0.05) is 32.9 Å². The number of nitrogens with zero attached hydrogens (tertiary/aromatic N) is 1. The van der Waals surface area contributed by atoms with Gasteiger partial charge in [0.05, 0.1) is 12.8 Å². The molecule has 0 bridgehead atoms. The van der Waals surface area contributed by atoms with Gasteiger partial charge in [0, 0.05) is 6.07 Å². The minimum atomic E-state index is 0.127. The van der Waals surface area contributed by atoms with E-state index in [9.17, 15) is 0 Å². The van der Waals surface area contributed by atoms with Gasteiger partial charge >= 0.3 is 0 Å². The van der Waals surface area contributed by atoms with Crippen molar-refractivity contribution in [1.29, 1.82) is 0 Å². The summed E-state index contributed by atoms with van der Waals surface area (Å²) in [6.45, 7) is 6.68. The number of ether oxygens (including phenoxy) is 1. The van der Waals surface area contributed by atoms with E-state index in [0.29, 0.717) is 0 Å². The van der Waals surface area contributed by atoms with E-state index in [0.717, 1.165) is 18.7 Å². The molecule has 0 fully saturated rings. The summed E-state index contributed by atoms with van der Waals surface area (Å²) in [5.41, 5.74) is 3.92. The van der Waals surface area contributed by atoms with Crippen molar-refractivity contribution in [2.45, 2.75) is 39.0 Å². The molecule has 0 spiro atoms. The monoisotopic (exact) mass is 217 g/mol. The number of fused-ring (bicyclic) bond motifs is 1. The summed E-state index contributed by atoms with van der Waals surface area (Å²) in [4.78, 5) is 4.53. The maximum absolute atomic E-state index is 5.28. The maximum atomic E-state index is 5.28. The second kappa shape index (κ2) is 3.93. The maximum Gasteiger partial charge on any atom is 0.213 e. The Morgan fingerprint density at radius 2 is 2.06 bits per heavy atom. The lowest BCUT2D eigenvalue weighted by Crippen LogP contribution is -2.16. The van der Waals surface area contributed by atoms with Crippen molar-refractivity contribution in [3.05, 3.63) is 29.0 Å². The highest BCUT2D eigenvalue weighted by Crippen LogP contribution is 2.33. The molecule has 2 rings (SSSR count). The minimum Gasteiger partial charge on any atom is -0.481 e. The SMILES string of the molecule is COc1cc(C(C)(C)C)c2c(n1)CCC=C2. The molecule has 16 heavy (non-hydrogen) atoms. The largest absolute Gasteiger partial charge is 0.481 e. The molecule has 1 aromatic heterocycles. The van der Waals surface area contributed by atoms with Crippen LogP contribution in [-0.4, -0.2) is 12.1 Å². The van der Waals surface area contributed by atoms with Crippen molar-refractivity contribution >= 4 is 6.08 Å². The summed E-state index contributed by atoms with van der Waals surface area (Å²) in [5, 5.41) is 0. The van der Waals surface area contributed by atoms with Gasteiger partial charge in [-0.15, -0.1) is 0 Å². The highest BCUT2D eigenvalue weighted by Gasteiger charge is 2.22. The predicted octanol–water partition coefficient (Wildman–Crippen LogP) is 3.35. The van der Waals surface area contributed by atoms with Crippen molar-refractivity contribution in [1.82, 2.24) is 4.98 Å². The van der Waals surface area contributed by atoms with Gasteiger partial charge in [0.25, 0.3) is 0 Å². The summed E-state index contributed by atoms with van der Waals surface area (Å²) >= 11 is 0. The van der Waals surface area contributed by atoms with Crippen LogP contribution in [0.2, 0.25) is 0 Å². The van der Waals surface area contributed by atoms with Crippen LogP contribution in [0.5, 0.6) is 5.88 Å². The lowest BCUT2D eigenvalue weighted by Gasteiger charge is -2.25. The molecule has 2 nitrogen and oxygen atoms in total. The Hall–Kier alpha value is -1.31. The lowest BCUT2D eigenvalue weighted by molar-refractivity contribution is 0.393. The number of hydrogen-bond acceptors (Lipinski definition) is 2. The molecule has 1 aliphatic rings. The average Bonchev–Trinajstić information content (AvgIpc) is 2.26. The fraction of sp³-hybridized carbons (Fsp3) is 0.500.